The molecule has 0 radical (unpaired) electrons. The molecule has 0 aliphatic rings. The Morgan fingerprint density at radius 3 is 2.47 bits per heavy atom. The van der Waals surface area contributed by atoms with Crippen LogP contribution in [0.3, 0.4) is 0 Å². The molecule has 4 nitrogen and oxygen atoms in total. The van der Waals surface area contributed by atoms with Crippen molar-refractivity contribution in [1.29, 1.82) is 0 Å². The Bertz CT molecular complexity index is 198. The minimum Gasteiger partial charge on any atom is -0.389 e. The molecule has 1 unspecified atom stereocenters. The highest BCUT2D eigenvalue weighted by Crippen LogP contribution is 2.10. The number of likely N-dealkylation sites (N-methyl/N-ethyl adjacent to an activating group) is 1. The molecule has 1 atom stereocenters. The zero-order valence-corrected chi connectivity index (χ0v) is 10.4. The van der Waals surface area contributed by atoms with E-state index in [0.717, 1.165) is 0 Å². The van der Waals surface area contributed by atoms with Crippen LogP contribution in [-0.2, 0) is 9.53 Å². The molecular weight excluding hydrogens is 194 g/mol. The summed E-state index contributed by atoms with van der Waals surface area (Å²) in [5.41, 5.74) is -0.842. The van der Waals surface area contributed by atoms with Gasteiger partial charge in [-0.1, -0.05) is 6.92 Å². The van der Waals surface area contributed by atoms with Crippen LogP contribution in [0.4, 0.5) is 0 Å². The maximum Gasteiger partial charge on any atom is 0.225 e. The van der Waals surface area contributed by atoms with Gasteiger partial charge in [0.05, 0.1) is 5.60 Å². The predicted molar refractivity (Wildman–Crippen MR) is 59.6 cm³/mol. The van der Waals surface area contributed by atoms with Crippen molar-refractivity contribution in [2.75, 3.05) is 27.3 Å². The quantitative estimate of drug-likeness (QED) is 0.719. The van der Waals surface area contributed by atoms with Crippen molar-refractivity contribution in [3.8, 4) is 0 Å². The van der Waals surface area contributed by atoms with E-state index in [1.165, 1.54) is 0 Å². The van der Waals surface area contributed by atoms with Crippen molar-refractivity contribution in [2.24, 2.45) is 5.92 Å². The number of carbonyl (C=O) groups excluding carboxylic acids is 1. The van der Waals surface area contributed by atoms with E-state index in [1.807, 2.05) is 6.92 Å². The van der Waals surface area contributed by atoms with Crippen LogP contribution >= 0.6 is 0 Å². The maximum absolute atomic E-state index is 11.8. The van der Waals surface area contributed by atoms with Crippen molar-refractivity contribution in [2.45, 2.75) is 32.8 Å². The summed E-state index contributed by atoms with van der Waals surface area (Å²) in [5.74, 6) is -0.00789. The van der Waals surface area contributed by atoms with Crippen molar-refractivity contribution in [1.82, 2.24) is 4.90 Å². The van der Waals surface area contributed by atoms with Gasteiger partial charge in [-0.25, -0.2) is 0 Å². The van der Waals surface area contributed by atoms with Crippen LogP contribution in [-0.4, -0.2) is 48.8 Å². The highest BCUT2D eigenvalue weighted by Gasteiger charge is 2.22. The lowest BCUT2D eigenvalue weighted by Gasteiger charge is -2.27. The maximum atomic E-state index is 11.8. The standard InChI is InChI=1S/C11H23NO3/c1-9(6-7-15-5)10(13)12(4)8-11(2,3)14/h9,14H,6-8H2,1-5H3. The van der Waals surface area contributed by atoms with E-state index < -0.39 is 5.60 Å². The Kier molecular flexibility index (Phi) is 5.83. The largest absolute Gasteiger partial charge is 0.389 e. The number of methoxy groups -OCH3 is 1. The topological polar surface area (TPSA) is 49.8 Å². The van der Waals surface area contributed by atoms with Crippen LogP contribution in [0.5, 0.6) is 0 Å². The van der Waals surface area contributed by atoms with Gasteiger partial charge in [-0.15, -0.1) is 0 Å². The van der Waals surface area contributed by atoms with E-state index >= 15 is 0 Å². The third kappa shape index (κ3) is 6.47. The molecule has 0 aliphatic heterocycles. The summed E-state index contributed by atoms with van der Waals surface area (Å²) in [4.78, 5) is 13.4. The summed E-state index contributed by atoms with van der Waals surface area (Å²) in [6.07, 6.45) is 0.714. The molecule has 0 aromatic rings. The second-order valence-electron chi connectivity index (χ2n) is 4.69. The van der Waals surface area contributed by atoms with E-state index in [0.29, 0.717) is 19.6 Å². The first-order valence-corrected chi connectivity index (χ1v) is 5.24. The van der Waals surface area contributed by atoms with Crippen LogP contribution < -0.4 is 0 Å². The van der Waals surface area contributed by atoms with Crippen molar-refractivity contribution in [3.63, 3.8) is 0 Å². The van der Waals surface area contributed by atoms with Gasteiger partial charge in [0.15, 0.2) is 0 Å². The lowest BCUT2D eigenvalue weighted by Crippen LogP contribution is -2.42. The monoisotopic (exact) mass is 217 g/mol. The van der Waals surface area contributed by atoms with Gasteiger partial charge in [-0.2, -0.15) is 0 Å². The fraction of sp³-hybridized carbons (Fsp3) is 0.909. The molecule has 0 bridgehead atoms. The number of nitrogens with zero attached hydrogens (tertiary/aromatic N) is 1. The minimum atomic E-state index is -0.842. The highest BCUT2D eigenvalue weighted by atomic mass is 16.5. The fourth-order valence-corrected chi connectivity index (χ4v) is 1.45. The summed E-state index contributed by atoms with van der Waals surface area (Å²) >= 11 is 0. The van der Waals surface area contributed by atoms with E-state index in [1.54, 1.807) is 32.9 Å². The summed E-state index contributed by atoms with van der Waals surface area (Å²) < 4.78 is 4.92. The first-order chi connectivity index (χ1) is 6.78. The number of hydrogen-bond acceptors (Lipinski definition) is 3. The molecular formula is C11H23NO3. The average molecular weight is 217 g/mol. The van der Waals surface area contributed by atoms with Gasteiger partial charge in [0.2, 0.25) is 5.91 Å². The van der Waals surface area contributed by atoms with Crippen LogP contribution in [0.15, 0.2) is 0 Å². The fourth-order valence-electron chi connectivity index (χ4n) is 1.45. The first-order valence-electron chi connectivity index (χ1n) is 5.24. The third-order valence-corrected chi connectivity index (χ3v) is 2.18. The first kappa shape index (κ1) is 14.4. The van der Waals surface area contributed by atoms with E-state index in [2.05, 4.69) is 0 Å². The van der Waals surface area contributed by atoms with Crippen molar-refractivity contribution in [3.05, 3.63) is 0 Å². The Morgan fingerprint density at radius 2 is 2.07 bits per heavy atom. The Morgan fingerprint density at radius 1 is 1.53 bits per heavy atom. The molecule has 0 aromatic carbocycles. The lowest BCUT2D eigenvalue weighted by molar-refractivity contribution is -0.136. The third-order valence-electron chi connectivity index (χ3n) is 2.18. The van der Waals surface area contributed by atoms with E-state index in [9.17, 15) is 9.90 Å². The molecule has 15 heavy (non-hydrogen) atoms. The number of amides is 1. The molecule has 0 aromatic heterocycles. The van der Waals surface area contributed by atoms with Crippen LogP contribution in [0.2, 0.25) is 0 Å². The second-order valence-corrected chi connectivity index (χ2v) is 4.69. The van der Waals surface area contributed by atoms with E-state index in [4.69, 9.17) is 4.74 Å². The SMILES string of the molecule is COCCC(C)C(=O)N(C)CC(C)(C)O. The molecule has 0 saturated heterocycles. The summed E-state index contributed by atoms with van der Waals surface area (Å²) in [5, 5.41) is 9.58. The van der Waals surface area contributed by atoms with Gasteiger partial charge >= 0.3 is 0 Å². The number of ether oxygens (including phenoxy) is 1. The van der Waals surface area contributed by atoms with Crippen molar-refractivity contribution < 1.29 is 14.6 Å². The summed E-state index contributed by atoms with van der Waals surface area (Å²) in [7, 11) is 3.33. The molecule has 90 valence electrons. The molecule has 0 spiro atoms. The zero-order chi connectivity index (χ0) is 12.1. The van der Waals surface area contributed by atoms with Gasteiger partial charge < -0.3 is 14.7 Å². The highest BCUT2D eigenvalue weighted by molar-refractivity contribution is 5.78. The minimum absolute atomic E-state index is 0.0502. The molecule has 0 aliphatic carbocycles. The number of rotatable bonds is 6. The van der Waals surface area contributed by atoms with Gasteiger partial charge in [0.1, 0.15) is 0 Å². The summed E-state index contributed by atoms with van der Waals surface area (Å²) in [6, 6.07) is 0. The van der Waals surface area contributed by atoms with Crippen LogP contribution in [0, 0.1) is 5.92 Å². The molecule has 0 fully saturated rings. The molecule has 0 saturated carbocycles. The number of hydrogen-bond donors (Lipinski definition) is 1. The van der Waals surface area contributed by atoms with Crippen LogP contribution in [0.25, 0.3) is 0 Å². The number of carbonyl (C=O) groups is 1. The summed E-state index contributed by atoms with van der Waals surface area (Å²) in [6.45, 7) is 6.20. The van der Waals surface area contributed by atoms with Gasteiger partial charge in [0, 0.05) is 33.2 Å². The Labute approximate surface area is 92.2 Å². The molecule has 1 N–H and O–H groups in total. The predicted octanol–water partition coefficient (Wildman–Crippen LogP) is 0.888. The van der Waals surface area contributed by atoms with Crippen molar-refractivity contribution >= 4 is 5.91 Å². The lowest BCUT2D eigenvalue weighted by atomic mass is 10.1. The molecule has 4 heteroatoms. The van der Waals surface area contributed by atoms with Gasteiger partial charge in [0.25, 0.3) is 0 Å². The van der Waals surface area contributed by atoms with Gasteiger partial charge in [-0.3, -0.25) is 4.79 Å². The van der Waals surface area contributed by atoms with E-state index in [-0.39, 0.29) is 11.8 Å². The average Bonchev–Trinajstić information content (AvgIpc) is 2.10. The van der Waals surface area contributed by atoms with Gasteiger partial charge in [-0.05, 0) is 20.3 Å². The zero-order valence-electron chi connectivity index (χ0n) is 10.4. The molecule has 1 amide bonds. The second kappa shape index (κ2) is 6.08. The van der Waals surface area contributed by atoms with Crippen LogP contribution in [0.1, 0.15) is 27.2 Å². The Hall–Kier alpha value is -0.610. The Balaban J connectivity index is 4.08. The molecule has 0 heterocycles. The smallest absolute Gasteiger partial charge is 0.225 e. The number of aliphatic hydroxyl groups is 1. The normalized spacial score (nSPS) is 13.7. The molecule has 0 rings (SSSR count).